The molecule has 3 rings (SSSR count). The molecule has 3 aromatic rings. The number of hydrogen-bond acceptors (Lipinski definition) is 7. The third-order valence-electron chi connectivity index (χ3n) is 3.48. The number of halogens is 4. The summed E-state index contributed by atoms with van der Waals surface area (Å²) in [6.07, 6.45) is -4.53. The number of aliphatic hydroxyl groups is 2. The highest BCUT2D eigenvalue weighted by molar-refractivity contribution is 5.60. The van der Waals surface area contributed by atoms with Gasteiger partial charge in [0.1, 0.15) is 0 Å². The van der Waals surface area contributed by atoms with Crippen LogP contribution in [0.4, 0.5) is 29.2 Å². The van der Waals surface area contributed by atoms with E-state index in [-0.39, 0.29) is 17.5 Å². The van der Waals surface area contributed by atoms with Crippen molar-refractivity contribution < 1.29 is 32.5 Å². The third kappa shape index (κ3) is 5.83. The topological polar surface area (TPSA) is 100 Å². The van der Waals surface area contributed by atoms with Crippen LogP contribution in [0.3, 0.4) is 0 Å². The summed E-state index contributed by atoms with van der Waals surface area (Å²) in [6, 6.07) is 8.74. The van der Waals surface area contributed by atoms with Crippen LogP contribution in [-0.4, -0.2) is 37.8 Å². The first-order valence-electron chi connectivity index (χ1n) is 8.12. The van der Waals surface area contributed by atoms with E-state index >= 15 is 0 Å². The number of hydrogen-bond donors (Lipinski definition) is 3. The van der Waals surface area contributed by atoms with Crippen molar-refractivity contribution >= 4 is 11.6 Å². The van der Waals surface area contributed by atoms with E-state index in [1.54, 1.807) is 30.3 Å². The number of rotatable bonds is 6. The lowest BCUT2D eigenvalue weighted by Crippen LogP contribution is -2.30. The summed E-state index contributed by atoms with van der Waals surface area (Å²) in [6.45, 7) is -1.19. The average Bonchev–Trinajstić information content (AvgIpc) is 2.66. The first-order valence-corrected chi connectivity index (χ1v) is 8.12. The summed E-state index contributed by atoms with van der Waals surface area (Å²) >= 11 is 0. The molecule has 0 bridgehead atoms. The molecule has 1 aromatic heterocycles. The van der Waals surface area contributed by atoms with E-state index in [4.69, 9.17) is 14.9 Å². The summed E-state index contributed by atoms with van der Waals surface area (Å²) in [5.74, 6) is -0.112. The molecule has 0 aliphatic rings. The molecule has 0 unspecified atom stereocenters. The maximum absolute atomic E-state index is 12.9. The number of nitrogens with zero attached hydrogens (tertiary/aromatic N) is 3. The van der Waals surface area contributed by atoms with Crippen molar-refractivity contribution in [1.29, 1.82) is 0 Å². The van der Waals surface area contributed by atoms with E-state index in [2.05, 4.69) is 20.3 Å². The van der Waals surface area contributed by atoms with Crippen LogP contribution in [0, 0.1) is 0 Å². The smallest absolute Gasteiger partial charge is 0.416 e. The highest BCUT2D eigenvalue weighted by atomic mass is 19.4. The standard InChI is InChI=1S/C18H14F4N4O3/c19-17(27,28)10-29-16-25-14(11-5-2-1-3-6-11)24-15(26-16)23-13-8-4-7-12(9-13)18(20,21)22/h1-9,27-28H,10H2,(H,23,24,25,26). The van der Waals surface area contributed by atoms with Crippen molar-refractivity contribution in [2.24, 2.45) is 0 Å². The summed E-state index contributed by atoms with van der Waals surface area (Å²) < 4.78 is 56.4. The minimum Gasteiger partial charge on any atom is -0.454 e. The Hall–Kier alpha value is -3.31. The monoisotopic (exact) mass is 410 g/mol. The number of nitrogens with one attached hydrogen (secondary N) is 1. The quantitative estimate of drug-likeness (QED) is 0.424. The molecule has 0 saturated carbocycles. The zero-order valence-electron chi connectivity index (χ0n) is 14.6. The molecule has 11 heteroatoms. The van der Waals surface area contributed by atoms with E-state index in [1.165, 1.54) is 12.1 Å². The zero-order valence-corrected chi connectivity index (χ0v) is 14.6. The fourth-order valence-corrected chi connectivity index (χ4v) is 2.25. The second-order valence-corrected chi connectivity index (χ2v) is 5.84. The van der Waals surface area contributed by atoms with Crippen LogP contribution in [0.2, 0.25) is 0 Å². The summed E-state index contributed by atoms with van der Waals surface area (Å²) in [7, 11) is 0. The van der Waals surface area contributed by atoms with Gasteiger partial charge in [0.15, 0.2) is 12.4 Å². The van der Waals surface area contributed by atoms with Gasteiger partial charge in [0, 0.05) is 11.3 Å². The van der Waals surface area contributed by atoms with Gasteiger partial charge in [-0.1, -0.05) is 36.4 Å². The SMILES string of the molecule is OC(O)(F)COc1nc(Nc2cccc(C(F)(F)F)c2)nc(-c2ccccc2)n1. The lowest BCUT2D eigenvalue weighted by Gasteiger charge is -2.13. The molecule has 2 aromatic carbocycles. The fourth-order valence-electron chi connectivity index (χ4n) is 2.25. The Balaban J connectivity index is 1.95. The predicted octanol–water partition coefficient (Wildman–Crippen LogP) is 3.29. The van der Waals surface area contributed by atoms with Crippen LogP contribution in [0.25, 0.3) is 11.4 Å². The zero-order chi connectivity index (χ0) is 21.1. The Morgan fingerprint density at radius 2 is 1.62 bits per heavy atom. The highest BCUT2D eigenvalue weighted by Gasteiger charge is 2.30. The van der Waals surface area contributed by atoms with Crippen LogP contribution in [0.1, 0.15) is 5.56 Å². The van der Waals surface area contributed by atoms with Crippen molar-refractivity contribution in [2.45, 2.75) is 12.2 Å². The van der Waals surface area contributed by atoms with Gasteiger partial charge in [0.25, 0.3) is 0 Å². The van der Waals surface area contributed by atoms with E-state index in [9.17, 15) is 17.6 Å². The molecule has 0 atom stereocenters. The van der Waals surface area contributed by atoms with Crippen LogP contribution < -0.4 is 10.1 Å². The molecule has 152 valence electrons. The Labute approximate surface area is 161 Å². The molecule has 7 nitrogen and oxygen atoms in total. The number of benzene rings is 2. The highest BCUT2D eigenvalue weighted by Crippen LogP contribution is 2.31. The Morgan fingerprint density at radius 1 is 0.897 bits per heavy atom. The molecular formula is C18H14F4N4O3. The minimum atomic E-state index is -4.53. The number of alkyl halides is 4. The van der Waals surface area contributed by atoms with E-state index < -0.39 is 30.4 Å². The summed E-state index contributed by atoms with van der Waals surface area (Å²) in [5.41, 5.74) is -0.314. The first kappa shape index (κ1) is 20.4. The molecule has 3 N–H and O–H groups in total. The van der Waals surface area contributed by atoms with Gasteiger partial charge in [0.2, 0.25) is 5.95 Å². The molecule has 0 spiro atoms. The second-order valence-electron chi connectivity index (χ2n) is 5.84. The lowest BCUT2D eigenvalue weighted by atomic mass is 10.2. The molecule has 0 fully saturated rings. The minimum absolute atomic E-state index is 0.0418. The molecular weight excluding hydrogens is 396 g/mol. The maximum Gasteiger partial charge on any atom is 0.416 e. The van der Waals surface area contributed by atoms with Gasteiger partial charge < -0.3 is 20.3 Å². The van der Waals surface area contributed by atoms with Crippen molar-refractivity contribution in [2.75, 3.05) is 11.9 Å². The van der Waals surface area contributed by atoms with Crippen LogP contribution >= 0.6 is 0 Å². The van der Waals surface area contributed by atoms with E-state index in [0.717, 1.165) is 12.1 Å². The van der Waals surface area contributed by atoms with Gasteiger partial charge in [0.05, 0.1) is 5.56 Å². The second kappa shape index (κ2) is 7.97. The average molecular weight is 410 g/mol. The van der Waals surface area contributed by atoms with Crippen LogP contribution in [-0.2, 0) is 6.18 Å². The Bertz CT molecular complexity index is 979. The predicted molar refractivity (Wildman–Crippen MR) is 93.8 cm³/mol. The Morgan fingerprint density at radius 3 is 2.28 bits per heavy atom. The van der Waals surface area contributed by atoms with Gasteiger partial charge in [-0.05, 0) is 18.2 Å². The number of anilines is 2. The van der Waals surface area contributed by atoms with Gasteiger partial charge in [-0.2, -0.15) is 32.5 Å². The number of ether oxygens (including phenoxy) is 1. The molecule has 0 aliphatic carbocycles. The van der Waals surface area contributed by atoms with Gasteiger partial charge >= 0.3 is 18.2 Å². The van der Waals surface area contributed by atoms with Crippen LogP contribution in [0.15, 0.2) is 54.6 Å². The summed E-state index contributed by atoms with van der Waals surface area (Å²) in [5, 5.41) is 20.1. The van der Waals surface area contributed by atoms with E-state index in [0.29, 0.717) is 5.56 Å². The molecule has 0 amide bonds. The van der Waals surface area contributed by atoms with Gasteiger partial charge in [-0.15, -0.1) is 0 Å². The lowest BCUT2D eigenvalue weighted by molar-refractivity contribution is -0.272. The fraction of sp³-hybridized carbons (Fsp3) is 0.167. The summed E-state index contributed by atoms with van der Waals surface area (Å²) in [4.78, 5) is 11.9. The van der Waals surface area contributed by atoms with Crippen molar-refractivity contribution in [3.63, 3.8) is 0 Å². The molecule has 0 aliphatic heterocycles. The molecule has 0 saturated heterocycles. The largest absolute Gasteiger partial charge is 0.454 e. The molecule has 29 heavy (non-hydrogen) atoms. The third-order valence-corrected chi connectivity index (χ3v) is 3.48. The molecule has 1 heterocycles. The Kier molecular flexibility index (Phi) is 5.62. The van der Waals surface area contributed by atoms with E-state index in [1.807, 2.05) is 0 Å². The van der Waals surface area contributed by atoms with Gasteiger partial charge in [-0.3, -0.25) is 0 Å². The number of aromatic nitrogens is 3. The van der Waals surface area contributed by atoms with Crippen LogP contribution in [0.5, 0.6) is 6.01 Å². The first-order chi connectivity index (χ1) is 13.6. The van der Waals surface area contributed by atoms with Crippen molar-refractivity contribution in [3.05, 3.63) is 60.2 Å². The maximum atomic E-state index is 12.9. The normalized spacial score (nSPS) is 11.9. The molecule has 0 radical (unpaired) electrons. The van der Waals surface area contributed by atoms with Crippen molar-refractivity contribution in [3.8, 4) is 17.4 Å². The van der Waals surface area contributed by atoms with Crippen molar-refractivity contribution in [1.82, 2.24) is 15.0 Å². The van der Waals surface area contributed by atoms with Gasteiger partial charge in [-0.25, -0.2) is 0 Å².